The molecular formula is C33H29IN4O9S. The molecule has 248 valence electrons. The molecule has 48 heavy (non-hydrogen) atoms. The van der Waals surface area contributed by atoms with E-state index in [1.54, 1.807) is 57.2 Å². The first-order chi connectivity index (χ1) is 22.9. The second kappa shape index (κ2) is 14.5. The highest BCUT2D eigenvalue weighted by Crippen LogP contribution is 2.36. The van der Waals surface area contributed by atoms with E-state index < -0.39 is 27.4 Å². The van der Waals surface area contributed by atoms with Crippen LogP contribution in [0.1, 0.15) is 49.1 Å². The smallest absolute Gasteiger partial charge is 0.338 e. The first-order valence-corrected chi connectivity index (χ1v) is 16.6. The van der Waals surface area contributed by atoms with Crippen molar-refractivity contribution in [1.29, 1.82) is 0 Å². The van der Waals surface area contributed by atoms with Gasteiger partial charge in [-0.1, -0.05) is 23.5 Å². The van der Waals surface area contributed by atoms with E-state index in [9.17, 15) is 29.8 Å². The van der Waals surface area contributed by atoms with Crippen LogP contribution >= 0.6 is 33.9 Å². The largest absolute Gasteiger partial charge is 0.490 e. The fourth-order valence-corrected chi connectivity index (χ4v) is 7.02. The topological polar surface area (TPSA) is 165 Å². The molecular weight excluding hydrogens is 755 g/mol. The number of allylic oxidation sites excluding steroid dienone is 1. The lowest BCUT2D eigenvalue weighted by Gasteiger charge is -2.24. The standard InChI is InChI=1S/C33H29IN4O9S/c1-5-45-26-14-21(13-24(34)30(26)47-17-20-8-11-23(12-9-20)37(41)42)15-27-31(39)36-29(22-10-7-18(3)25(16-22)38(43)44)28(32(40)46-6-2)19(4)35-33(36)48-27/h7-16,29H,5-6,17H2,1-4H3/b27-15+/t29-/m0/s1. The molecule has 13 nitrogen and oxygen atoms in total. The fourth-order valence-electron chi connectivity index (χ4n) is 5.20. The SMILES string of the molecule is CCOC(=O)C1=C(C)N=c2s/c(=C/c3cc(I)c(OCc4ccc([N+](=O)[O-])cc4)c(OCC)c3)c(=O)n2[C@H]1c1ccc(C)c([N+](=O)[O-])c1. The number of hydrogen-bond acceptors (Lipinski definition) is 11. The number of rotatable bonds is 11. The summed E-state index contributed by atoms with van der Waals surface area (Å²) in [5.74, 6) is 0.252. The maximum absolute atomic E-state index is 14.1. The second-order valence-corrected chi connectivity index (χ2v) is 12.8. The number of nitrogens with zero attached hydrogens (tertiary/aromatic N) is 4. The maximum atomic E-state index is 14.1. The lowest BCUT2D eigenvalue weighted by atomic mass is 9.94. The van der Waals surface area contributed by atoms with Gasteiger partial charge in [-0.25, -0.2) is 9.79 Å². The van der Waals surface area contributed by atoms with Crippen molar-refractivity contribution >= 4 is 57.3 Å². The van der Waals surface area contributed by atoms with Gasteiger partial charge in [0.1, 0.15) is 6.61 Å². The van der Waals surface area contributed by atoms with Crippen LogP contribution < -0.4 is 24.4 Å². The van der Waals surface area contributed by atoms with Gasteiger partial charge in [-0.15, -0.1) is 0 Å². The molecule has 2 heterocycles. The lowest BCUT2D eigenvalue weighted by molar-refractivity contribution is -0.385. The highest BCUT2D eigenvalue weighted by atomic mass is 127. The van der Waals surface area contributed by atoms with Crippen molar-refractivity contribution in [2.24, 2.45) is 4.99 Å². The third-order valence-electron chi connectivity index (χ3n) is 7.42. The van der Waals surface area contributed by atoms with Gasteiger partial charge in [-0.2, -0.15) is 0 Å². The van der Waals surface area contributed by atoms with E-state index in [2.05, 4.69) is 27.6 Å². The average molecular weight is 785 g/mol. The zero-order chi connectivity index (χ0) is 34.7. The first-order valence-electron chi connectivity index (χ1n) is 14.7. The van der Waals surface area contributed by atoms with E-state index in [1.165, 1.54) is 22.8 Å². The van der Waals surface area contributed by atoms with Crippen LogP contribution in [0.2, 0.25) is 0 Å². The summed E-state index contributed by atoms with van der Waals surface area (Å²) in [5, 5.41) is 22.8. The maximum Gasteiger partial charge on any atom is 0.338 e. The number of hydrogen-bond donors (Lipinski definition) is 0. The third-order valence-corrected chi connectivity index (χ3v) is 9.21. The predicted molar refractivity (Wildman–Crippen MR) is 186 cm³/mol. The average Bonchev–Trinajstić information content (AvgIpc) is 3.34. The number of nitro benzene ring substituents is 2. The van der Waals surface area contributed by atoms with E-state index in [0.717, 1.165) is 16.9 Å². The van der Waals surface area contributed by atoms with E-state index in [0.29, 0.717) is 53.4 Å². The molecule has 4 aromatic rings. The number of esters is 1. The molecule has 0 spiro atoms. The number of carbonyl (C=O) groups is 1. The molecule has 1 aliphatic heterocycles. The van der Waals surface area contributed by atoms with Crippen molar-refractivity contribution in [3.63, 3.8) is 0 Å². The lowest BCUT2D eigenvalue weighted by Crippen LogP contribution is -2.40. The Balaban J connectivity index is 1.58. The number of halogens is 1. The van der Waals surface area contributed by atoms with Crippen molar-refractivity contribution in [2.45, 2.75) is 40.3 Å². The summed E-state index contributed by atoms with van der Waals surface area (Å²) in [4.78, 5) is 54.0. The van der Waals surface area contributed by atoms with Gasteiger partial charge in [-0.3, -0.25) is 29.6 Å². The summed E-state index contributed by atoms with van der Waals surface area (Å²) in [6.45, 7) is 7.33. The molecule has 0 saturated heterocycles. The fraction of sp³-hybridized carbons (Fsp3) is 0.242. The normalized spacial score (nSPS) is 14.3. The Bertz CT molecular complexity index is 2160. The zero-order valence-electron chi connectivity index (χ0n) is 26.2. The molecule has 0 saturated carbocycles. The van der Waals surface area contributed by atoms with Gasteiger partial charge in [0.25, 0.3) is 16.9 Å². The second-order valence-electron chi connectivity index (χ2n) is 10.6. The number of fused-ring (bicyclic) bond motifs is 1. The van der Waals surface area contributed by atoms with Crippen LogP contribution in [0.4, 0.5) is 11.4 Å². The van der Waals surface area contributed by atoms with Crippen LogP contribution in [-0.4, -0.2) is 33.6 Å². The summed E-state index contributed by atoms with van der Waals surface area (Å²) in [5.41, 5.74) is 2.06. The molecule has 0 N–H and O–H groups in total. The zero-order valence-corrected chi connectivity index (χ0v) is 29.2. The summed E-state index contributed by atoms with van der Waals surface area (Å²) in [6, 6.07) is 13.2. The van der Waals surface area contributed by atoms with Gasteiger partial charge in [0, 0.05) is 23.8 Å². The summed E-state index contributed by atoms with van der Waals surface area (Å²) in [6.07, 6.45) is 1.69. The number of ether oxygens (including phenoxy) is 3. The number of aryl methyl sites for hydroxylation is 1. The Kier molecular flexibility index (Phi) is 10.4. The third kappa shape index (κ3) is 7.01. The molecule has 5 rings (SSSR count). The Morgan fingerprint density at radius 1 is 1.02 bits per heavy atom. The number of nitro groups is 2. The molecule has 3 aromatic carbocycles. The summed E-state index contributed by atoms with van der Waals surface area (Å²) >= 11 is 3.24. The minimum absolute atomic E-state index is 0.0169. The number of aromatic nitrogens is 1. The number of non-ortho nitro benzene ring substituents is 1. The Hall–Kier alpha value is -4.90. The molecule has 1 atom stereocenters. The Labute approximate surface area is 291 Å². The van der Waals surface area contributed by atoms with Crippen molar-refractivity contribution < 1.29 is 28.9 Å². The van der Waals surface area contributed by atoms with Crippen LogP contribution in [0.25, 0.3) is 6.08 Å². The van der Waals surface area contributed by atoms with Gasteiger partial charge in [0.15, 0.2) is 16.3 Å². The monoisotopic (exact) mass is 784 g/mol. The van der Waals surface area contributed by atoms with Crippen molar-refractivity contribution in [2.75, 3.05) is 13.2 Å². The van der Waals surface area contributed by atoms with E-state index in [4.69, 9.17) is 14.2 Å². The van der Waals surface area contributed by atoms with Crippen molar-refractivity contribution in [3.8, 4) is 11.5 Å². The van der Waals surface area contributed by atoms with Gasteiger partial charge in [0.05, 0.1) is 48.5 Å². The number of carbonyl (C=O) groups excluding carboxylic acids is 1. The van der Waals surface area contributed by atoms with Gasteiger partial charge < -0.3 is 14.2 Å². The molecule has 1 aromatic heterocycles. The van der Waals surface area contributed by atoms with Crippen LogP contribution in [0.5, 0.6) is 11.5 Å². The molecule has 0 unspecified atom stereocenters. The van der Waals surface area contributed by atoms with Gasteiger partial charge in [0.2, 0.25) is 0 Å². The number of benzene rings is 3. The van der Waals surface area contributed by atoms with Crippen LogP contribution in [-0.2, 0) is 16.1 Å². The highest BCUT2D eigenvalue weighted by molar-refractivity contribution is 14.1. The van der Waals surface area contributed by atoms with E-state index >= 15 is 0 Å². The van der Waals surface area contributed by atoms with E-state index in [1.807, 2.05) is 13.0 Å². The molecule has 0 bridgehead atoms. The minimum Gasteiger partial charge on any atom is -0.490 e. The molecule has 0 fully saturated rings. The highest BCUT2D eigenvalue weighted by Gasteiger charge is 2.34. The Morgan fingerprint density at radius 3 is 2.40 bits per heavy atom. The quantitative estimate of drug-likeness (QED) is 0.0826. The van der Waals surface area contributed by atoms with Crippen molar-refractivity contribution in [1.82, 2.24) is 4.57 Å². The van der Waals surface area contributed by atoms with Gasteiger partial charge in [-0.05, 0) is 97.3 Å². The molecule has 0 amide bonds. The molecule has 0 aliphatic carbocycles. The number of thiazole rings is 1. The van der Waals surface area contributed by atoms with Gasteiger partial charge >= 0.3 is 5.97 Å². The van der Waals surface area contributed by atoms with Crippen LogP contribution in [0.15, 0.2) is 75.7 Å². The molecule has 1 aliphatic rings. The van der Waals surface area contributed by atoms with E-state index in [-0.39, 0.29) is 30.2 Å². The van der Waals surface area contributed by atoms with Crippen LogP contribution in [0.3, 0.4) is 0 Å². The Morgan fingerprint density at radius 2 is 1.75 bits per heavy atom. The predicted octanol–water partition coefficient (Wildman–Crippen LogP) is 5.51. The van der Waals surface area contributed by atoms with Crippen LogP contribution in [0, 0.1) is 30.7 Å². The van der Waals surface area contributed by atoms with Crippen molar-refractivity contribution in [3.05, 3.63) is 132 Å². The summed E-state index contributed by atoms with van der Waals surface area (Å²) < 4.78 is 19.7. The summed E-state index contributed by atoms with van der Waals surface area (Å²) in [7, 11) is 0. The molecule has 15 heteroatoms. The molecule has 0 radical (unpaired) electrons. The first kappa shape index (κ1) is 34.4. The minimum atomic E-state index is -1.00.